The third kappa shape index (κ3) is 3.81. The highest BCUT2D eigenvalue weighted by Crippen LogP contribution is 2.17. The number of hydrogen-bond donors (Lipinski definition) is 3. The van der Waals surface area contributed by atoms with Crippen molar-refractivity contribution >= 4 is 0 Å². The second kappa shape index (κ2) is 7.22. The van der Waals surface area contributed by atoms with Crippen LogP contribution in [0.15, 0.2) is 24.3 Å². The van der Waals surface area contributed by atoms with Crippen molar-refractivity contribution in [1.29, 1.82) is 0 Å². The number of nitrogens with two attached hydrogens (primary N) is 1. The van der Waals surface area contributed by atoms with Crippen LogP contribution >= 0.6 is 0 Å². The number of aliphatic hydroxyl groups is 1. The van der Waals surface area contributed by atoms with Crippen LogP contribution in [0.2, 0.25) is 0 Å². The van der Waals surface area contributed by atoms with Crippen molar-refractivity contribution in [2.75, 3.05) is 26.3 Å². The number of benzene rings is 1. The molecule has 1 aromatic rings. The molecular weight excluding hydrogens is 204 g/mol. The predicted molar refractivity (Wildman–Crippen MR) is 64.5 cm³/mol. The Balaban J connectivity index is 2.62. The van der Waals surface area contributed by atoms with Gasteiger partial charge in [0, 0.05) is 19.1 Å². The van der Waals surface area contributed by atoms with Gasteiger partial charge in [-0.15, -0.1) is 0 Å². The summed E-state index contributed by atoms with van der Waals surface area (Å²) < 4.78 is 5.36. The minimum absolute atomic E-state index is 0.0860. The molecule has 0 aromatic heterocycles. The monoisotopic (exact) mass is 224 g/mol. The average molecular weight is 224 g/mol. The molecule has 0 aliphatic heterocycles. The van der Waals surface area contributed by atoms with Gasteiger partial charge in [0.25, 0.3) is 0 Å². The number of rotatable bonds is 7. The first kappa shape index (κ1) is 13.0. The lowest BCUT2D eigenvalue weighted by atomic mass is 10.1. The van der Waals surface area contributed by atoms with E-state index >= 15 is 0 Å². The van der Waals surface area contributed by atoms with Gasteiger partial charge in [-0.2, -0.15) is 0 Å². The number of hydrogen-bond acceptors (Lipinski definition) is 4. The summed E-state index contributed by atoms with van der Waals surface area (Å²) >= 11 is 0. The summed E-state index contributed by atoms with van der Waals surface area (Å²) in [6.07, 6.45) is 0. The highest BCUT2D eigenvalue weighted by molar-refractivity contribution is 5.29. The molecule has 4 N–H and O–H groups in total. The summed E-state index contributed by atoms with van der Waals surface area (Å²) in [5.41, 5.74) is 6.78. The van der Waals surface area contributed by atoms with E-state index in [9.17, 15) is 0 Å². The molecule has 0 heterocycles. The highest BCUT2D eigenvalue weighted by Gasteiger charge is 2.07. The molecule has 0 spiro atoms. The molecule has 0 amide bonds. The van der Waals surface area contributed by atoms with Gasteiger partial charge in [-0.05, 0) is 24.6 Å². The zero-order valence-corrected chi connectivity index (χ0v) is 9.65. The topological polar surface area (TPSA) is 67.5 Å². The van der Waals surface area contributed by atoms with Crippen LogP contribution in [0.25, 0.3) is 0 Å². The smallest absolute Gasteiger partial charge is 0.119 e. The Hall–Kier alpha value is -1.10. The fourth-order valence-electron chi connectivity index (χ4n) is 1.54. The largest absolute Gasteiger partial charge is 0.494 e. The molecule has 0 bridgehead atoms. The van der Waals surface area contributed by atoms with Crippen molar-refractivity contribution in [3.8, 4) is 5.75 Å². The minimum atomic E-state index is 0.0860. The highest BCUT2D eigenvalue weighted by atomic mass is 16.5. The SMILES string of the molecule is CCOc1ccc(C(CN)NCCO)cc1. The lowest BCUT2D eigenvalue weighted by Crippen LogP contribution is -2.30. The first-order valence-corrected chi connectivity index (χ1v) is 5.58. The lowest BCUT2D eigenvalue weighted by Gasteiger charge is -2.16. The first-order chi connectivity index (χ1) is 7.81. The molecule has 1 unspecified atom stereocenters. The fourth-order valence-corrected chi connectivity index (χ4v) is 1.54. The quantitative estimate of drug-likeness (QED) is 0.636. The van der Waals surface area contributed by atoms with Crippen molar-refractivity contribution in [1.82, 2.24) is 5.32 Å². The lowest BCUT2D eigenvalue weighted by molar-refractivity contribution is 0.285. The molecule has 0 saturated heterocycles. The van der Waals surface area contributed by atoms with Crippen molar-refractivity contribution in [3.63, 3.8) is 0 Å². The molecular formula is C12H20N2O2. The Labute approximate surface area is 96.4 Å². The third-order valence-corrected chi connectivity index (χ3v) is 2.33. The normalized spacial score (nSPS) is 12.4. The van der Waals surface area contributed by atoms with Gasteiger partial charge in [0.1, 0.15) is 5.75 Å². The van der Waals surface area contributed by atoms with E-state index in [2.05, 4.69) is 5.32 Å². The summed E-state index contributed by atoms with van der Waals surface area (Å²) in [7, 11) is 0. The molecule has 4 heteroatoms. The van der Waals surface area contributed by atoms with E-state index in [1.807, 2.05) is 31.2 Å². The molecule has 0 radical (unpaired) electrons. The van der Waals surface area contributed by atoms with Crippen LogP contribution in [0, 0.1) is 0 Å². The summed E-state index contributed by atoms with van der Waals surface area (Å²) in [6, 6.07) is 7.94. The maximum absolute atomic E-state index is 8.75. The Bertz CT molecular complexity index is 288. The van der Waals surface area contributed by atoms with Gasteiger partial charge < -0.3 is 20.9 Å². The number of aliphatic hydroxyl groups excluding tert-OH is 1. The maximum atomic E-state index is 8.75. The molecule has 1 aromatic carbocycles. The summed E-state index contributed by atoms with van der Waals surface area (Å²) in [5, 5.41) is 11.9. The maximum Gasteiger partial charge on any atom is 0.119 e. The molecule has 1 rings (SSSR count). The molecule has 4 nitrogen and oxygen atoms in total. The molecule has 90 valence electrons. The molecule has 0 aliphatic rings. The van der Waals surface area contributed by atoms with E-state index in [1.54, 1.807) is 0 Å². The van der Waals surface area contributed by atoms with Crippen molar-refractivity contribution in [2.45, 2.75) is 13.0 Å². The summed E-state index contributed by atoms with van der Waals surface area (Å²) in [4.78, 5) is 0. The minimum Gasteiger partial charge on any atom is -0.494 e. The van der Waals surface area contributed by atoms with E-state index < -0.39 is 0 Å². The van der Waals surface area contributed by atoms with Crippen LogP contribution in [0.4, 0.5) is 0 Å². The predicted octanol–water partition coefficient (Wildman–Crippen LogP) is 0.667. The van der Waals surface area contributed by atoms with E-state index in [1.165, 1.54) is 0 Å². The Morgan fingerprint density at radius 2 is 2.06 bits per heavy atom. The Kier molecular flexibility index (Phi) is 5.85. The van der Waals surface area contributed by atoms with E-state index in [4.69, 9.17) is 15.6 Å². The molecule has 1 atom stereocenters. The van der Waals surface area contributed by atoms with Crippen LogP contribution in [-0.2, 0) is 0 Å². The number of nitrogens with one attached hydrogen (secondary N) is 1. The second-order valence-corrected chi connectivity index (χ2v) is 3.47. The van der Waals surface area contributed by atoms with Gasteiger partial charge >= 0.3 is 0 Å². The van der Waals surface area contributed by atoms with Crippen LogP contribution in [0.1, 0.15) is 18.5 Å². The van der Waals surface area contributed by atoms with Gasteiger partial charge in [0.05, 0.1) is 13.2 Å². The molecule has 0 saturated carbocycles. The van der Waals surface area contributed by atoms with Crippen molar-refractivity contribution < 1.29 is 9.84 Å². The zero-order valence-electron chi connectivity index (χ0n) is 9.65. The fraction of sp³-hybridized carbons (Fsp3) is 0.500. The van der Waals surface area contributed by atoms with E-state index in [-0.39, 0.29) is 12.6 Å². The average Bonchev–Trinajstić information content (AvgIpc) is 2.32. The van der Waals surface area contributed by atoms with Crippen LogP contribution < -0.4 is 15.8 Å². The second-order valence-electron chi connectivity index (χ2n) is 3.47. The Morgan fingerprint density at radius 1 is 1.38 bits per heavy atom. The van der Waals surface area contributed by atoms with Crippen LogP contribution in [0.3, 0.4) is 0 Å². The first-order valence-electron chi connectivity index (χ1n) is 5.58. The molecule has 16 heavy (non-hydrogen) atoms. The van der Waals surface area contributed by atoms with Crippen molar-refractivity contribution in [2.24, 2.45) is 5.73 Å². The third-order valence-electron chi connectivity index (χ3n) is 2.33. The molecule has 0 aliphatic carbocycles. The van der Waals surface area contributed by atoms with Gasteiger partial charge in [0.2, 0.25) is 0 Å². The summed E-state index contributed by atoms with van der Waals surface area (Å²) in [5.74, 6) is 0.865. The van der Waals surface area contributed by atoms with Crippen LogP contribution in [-0.4, -0.2) is 31.4 Å². The zero-order chi connectivity index (χ0) is 11.8. The van der Waals surface area contributed by atoms with E-state index in [0.717, 1.165) is 11.3 Å². The standard InChI is InChI=1S/C12H20N2O2/c1-2-16-11-5-3-10(4-6-11)12(9-13)14-7-8-15/h3-6,12,14-15H,2,7-9,13H2,1H3. The van der Waals surface area contributed by atoms with Gasteiger partial charge in [0.15, 0.2) is 0 Å². The van der Waals surface area contributed by atoms with Crippen molar-refractivity contribution in [3.05, 3.63) is 29.8 Å². The van der Waals surface area contributed by atoms with E-state index in [0.29, 0.717) is 19.7 Å². The van der Waals surface area contributed by atoms with Crippen LogP contribution in [0.5, 0.6) is 5.75 Å². The van der Waals surface area contributed by atoms with Gasteiger partial charge in [-0.1, -0.05) is 12.1 Å². The molecule has 0 fully saturated rings. The number of ether oxygens (including phenoxy) is 1. The Morgan fingerprint density at radius 3 is 2.56 bits per heavy atom. The van der Waals surface area contributed by atoms with Gasteiger partial charge in [-0.25, -0.2) is 0 Å². The summed E-state index contributed by atoms with van der Waals surface area (Å²) in [6.45, 7) is 3.80. The van der Waals surface area contributed by atoms with Gasteiger partial charge in [-0.3, -0.25) is 0 Å².